The van der Waals surface area contributed by atoms with Gasteiger partial charge in [-0.2, -0.15) is 0 Å². The molecule has 1 aromatic rings. The van der Waals surface area contributed by atoms with Gasteiger partial charge in [0.15, 0.2) is 6.10 Å². The predicted molar refractivity (Wildman–Crippen MR) is 82.6 cm³/mol. The topological polar surface area (TPSA) is 98.5 Å². The van der Waals surface area contributed by atoms with E-state index >= 15 is 0 Å². The van der Waals surface area contributed by atoms with Crippen molar-refractivity contribution in [1.29, 1.82) is 0 Å². The van der Waals surface area contributed by atoms with E-state index in [0.717, 1.165) is 0 Å². The first-order valence-electron chi connectivity index (χ1n) is 6.39. The zero-order chi connectivity index (χ0) is 16.5. The summed E-state index contributed by atoms with van der Waals surface area (Å²) in [7, 11) is 0. The summed E-state index contributed by atoms with van der Waals surface area (Å²) >= 11 is 1.18. The Bertz CT molecular complexity index is 559. The molecule has 1 N–H and O–H groups in total. The minimum atomic E-state index is -0.884. The van der Waals surface area contributed by atoms with Gasteiger partial charge in [0, 0.05) is 23.6 Å². The zero-order valence-corrected chi connectivity index (χ0v) is 12.8. The number of carbonyl (C=O) groups is 2. The number of esters is 1. The first kappa shape index (κ1) is 17.7. The maximum absolute atomic E-state index is 11.6. The number of nitrogens with one attached hydrogen (secondary N) is 1. The Kier molecular flexibility index (Phi) is 7.11. The van der Waals surface area contributed by atoms with Crippen molar-refractivity contribution >= 4 is 29.3 Å². The maximum atomic E-state index is 11.6. The largest absolute Gasteiger partial charge is 0.452 e. The van der Waals surface area contributed by atoms with Crippen molar-refractivity contribution in [2.45, 2.75) is 17.9 Å². The highest BCUT2D eigenvalue weighted by atomic mass is 32.2. The van der Waals surface area contributed by atoms with Crippen LogP contribution in [0.2, 0.25) is 0 Å². The summed E-state index contributed by atoms with van der Waals surface area (Å²) in [5.41, 5.74) is -0.0144. The van der Waals surface area contributed by atoms with Gasteiger partial charge in [0.05, 0.1) is 10.7 Å². The van der Waals surface area contributed by atoms with Gasteiger partial charge in [0.2, 0.25) is 0 Å². The molecule has 0 saturated carbocycles. The molecule has 0 fully saturated rings. The average molecular weight is 324 g/mol. The first-order chi connectivity index (χ1) is 10.4. The highest BCUT2D eigenvalue weighted by molar-refractivity contribution is 8.00. The van der Waals surface area contributed by atoms with Gasteiger partial charge in [0.25, 0.3) is 11.6 Å². The third-order valence-corrected chi connectivity index (χ3v) is 3.49. The van der Waals surface area contributed by atoms with Gasteiger partial charge >= 0.3 is 5.97 Å². The maximum Gasteiger partial charge on any atom is 0.317 e. The molecule has 0 heterocycles. The lowest BCUT2D eigenvalue weighted by Gasteiger charge is -2.12. The molecule has 0 saturated heterocycles. The molecule has 0 aromatic heterocycles. The molecule has 118 valence electrons. The van der Waals surface area contributed by atoms with Crippen molar-refractivity contribution in [2.75, 3.05) is 12.3 Å². The number of rotatable bonds is 8. The summed E-state index contributed by atoms with van der Waals surface area (Å²) in [6.07, 6.45) is 0.640. The molecule has 1 rings (SSSR count). The molecule has 0 aliphatic carbocycles. The van der Waals surface area contributed by atoms with Crippen LogP contribution in [-0.4, -0.2) is 35.2 Å². The number of benzene rings is 1. The van der Waals surface area contributed by atoms with Crippen LogP contribution >= 0.6 is 11.8 Å². The number of nitrogens with zero attached hydrogens (tertiary/aromatic N) is 1. The molecule has 7 nitrogen and oxygen atoms in total. The van der Waals surface area contributed by atoms with Gasteiger partial charge in [-0.05, 0) is 19.1 Å². The number of hydrogen-bond donors (Lipinski definition) is 1. The third kappa shape index (κ3) is 5.96. The fourth-order valence-corrected chi connectivity index (χ4v) is 2.09. The van der Waals surface area contributed by atoms with Gasteiger partial charge in [-0.3, -0.25) is 19.7 Å². The standard InChI is InChI=1S/C14H16N2O5S/c1-3-8-15-14(18)10(2)21-13(17)9-22-12-6-4-11(5-7-12)16(19)20/h3-7,10H,1,8-9H2,2H3,(H,15,18)/t10-/m1/s1. The predicted octanol–water partition coefficient (Wildman–Crippen LogP) is 1.92. The normalized spacial score (nSPS) is 11.3. The van der Waals surface area contributed by atoms with Crippen LogP contribution in [0.15, 0.2) is 41.8 Å². The molecule has 0 radical (unpaired) electrons. The summed E-state index contributed by atoms with van der Waals surface area (Å²) in [5, 5.41) is 13.0. The van der Waals surface area contributed by atoms with E-state index in [0.29, 0.717) is 11.4 Å². The molecule has 8 heteroatoms. The second kappa shape index (κ2) is 8.83. The summed E-state index contributed by atoms with van der Waals surface area (Å²) in [4.78, 5) is 33.9. The molecule has 22 heavy (non-hydrogen) atoms. The van der Waals surface area contributed by atoms with Gasteiger partial charge in [0.1, 0.15) is 0 Å². The number of amides is 1. The quantitative estimate of drug-likeness (QED) is 0.258. The monoisotopic (exact) mass is 324 g/mol. The van der Waals surface area contributed by atoms with Crippen LogP contribution in [0.4, 0.5) is 5.69 Å². The Hall–Kier alpha value is -2.35. The summed E-state index contributed by atoms with van der Waals surface area (Å²) < 4.78 is 4.98. The van der Waals surface area contributed by atoms with Crippen LogP contribution in [0.25, 0.3) is 0 Å². The lowest BCUT2D eigenvalue weighted by molar-refractivity contribution is -0.384. The average Bonchev–Trinajstić information content (AvgIpc) is 2.50. The Balaban J connectivity index is 2.40. The van der Waals surface area contributed by atoms with E-state index < -0.39 is 22.9 Å². The van der Waals surface area contributed by atoms with Crippen LogP contribution in [0.1, 0.15) is 6.92 Å². The summed E-state index contributed by atoms with van der Waals surface area (Å²) in [6, 6.07) is 5.82. The van der Waals surface area contributed by atoms with E-state index in [-0.39, 0.29) is 11.4 Å². The highest BCUT2D eigenvalue weighted by Crippen LogP contribution is 2.21. The fraction of sp³-hybridized carbons (Fsp3) is 0.286. The molecular formula is C14H16N2O5S. The number of hydrogen-bond acceptors (Lipinski definition) is 6. The number of carbonyl (C=O) groups excluding carboxylic acids is 2. The Morgan fingerprint density at radius 1 is 1.45 bits per heavy atom. The molecule has 1 aromatic carbocycles. The van der Waals surface area contributed by atoms with Crippen LogP contribution in [0.5, 0.6) is 0 Å². The van der Waals surface area contributed by atoms with Crippen molar-refractivity contribution < 1.29 is 19.2 Å². The molecule has 0 spiro atoms. The second-order valence-electron chi connectivity index (χ2n) is 4.21. The summed E-state index contributed by atoms with van der Waals surface area (Å²) in [5.74, 6) is -0.921. The smallest absolute Gasteiger partial charge is 0.317 e. The zero-order valence-electron chi connectivity index (χ0n) is 12.0. The van der Waals surface area contributed by atoms with Crippen molar-refractivity contribution in [3.63, 3.8) is 0 Å². The van der Waals surface area contributed by atoms with E-state index in [1.54, 1.807) is 12.1 Å². The number of thioether (sulfide) groups is 1. The van der Waals surface area contributed by atoms with Crippen LogP contribution < -0.4 is 5.32 Å². The van der Waals surface area contributed by atoms with Crippen molar-refractivity contribution in [2.24, 2.45) is 0 Å². The van der Waals surface area contributed by atoms with E-state index in [2.05, 4.69) is 11.9 Å². The SMILES string of the molecule is C=CCNC(=O)[C@@H](C)OC(=O)CSc1ccc([N+](=O)[O-])cc1. The highest BCUT2D eigenvalue weighted by Gasteiger charge is 2.17. The summed E-state index contributed by atoms with van der Waals surface area (Å²) in [6.45, 7) is 5.25. The van der Waals surface area contributed by atoms with Crippen LogP contribution in [-0.2, 0) is 14.3 Å². The van der Waals surface area contributed by atoms with Crippen LogP contribution in [0.3, 0.4) is 0 Å². The Morgan fingerprint density at radius 2 is 2.09 bits per heavy atom. The fourth-order valence-electron chi connectivity index (χ4n) is 1.41. The number of non-ortho nitro benzene ring substituents is 1. The molecule has 0 aliphatic heterocycles. The molecule has 1 amide bonds. The molecule has 1 atom stereocenters. The minimum Gasteiger partial charge on any atom is -0.452 e. The molecular weight excluding hydrogens is 308 g/mol. The second-order valence-corrected chi connectivity index (χ2v) is 5.25. The molecule has 0 unspecified atom stereocenters. The van der Waals surface area contributed by atoms with E-state index in [1.807, 2.05) is 0 Å². The Morgan fingerprint density at radius 3 is 2.64 bits per heavy atom. The molecule has 0 bridgehead atoms. The molecule has 0 aliphatic rings. The number of nitro benzene ring substituents is 1. The van der Waals surface area contributed by atoms with E-state index in [9.17, 15) is 19.7 Å². The third-order valence-electron chi connectivity index (χ3n) is 2.50. The van der Waals surface area contributed by atoms with E-state index in [1.165, 1.54) is 36.9 Å². The van der Waals surface area contributed by atoms with Crippen molar-refractivity contribution in [3.8, 4) is 0 Å². The Labute approximate surface area is 131 Å². The van der Waals surface area contributed by atoms with Gasteiger partial charge in [-0.25, -0.2) is 0 Å². The van der Waals surface area contributed by atoms with Crippen molar-refractivity contribution in [3.05, 3.63) is 47.0 Å². The number of ether oxygens (including phenoxy) is 1. The van der Waals surface area contributed by atoms with Gasteiger partial charge in [-0.15, -0.1) is 18.3 Å². The van der Waals surface area contributed by atoms with E-state index in [4.69, 9.17) is 4.74 Å². The van der Waals surface area contributed by atoms with Crippen LogP contribution in [0, 0.1) is 10.1 Å². The number of nitro groups is 1. The lowest BCUT2D eigenvalue weighted by atomic mass is 10.3. The first-order valence-corrected chi connectivity index (χ1v) is 7.38. The van der Waals surface area contributed by atoms with Gasteiger partial charge < -0.3 is 10.1 Å². The van der Waals surface area contributed by atoms with Crippen molar-refractivity contribution in [1.82, 2.24) is 5.32 Å². The lowest BCUT2D eigenvalue weighted by Crippen LogP contribution is -2.36. The van der Waals surface area contributed by atoms with Gasteiger partial charge in [-0.1, -0.05) is 6.08 Å². The minimum absolute atomic E-state index is 0.0108.